The van der Waals surface area contributed by atoms with Gasteiger partial charge in [0.2, 0.25) is 0 Å². The third kappa shape index (κ3) is 5.16. The highest BCUT2D eigenvalue weighted by molar-refractivity contribution is 5.43. The maximum absolute atomic E-state index is 14.0. The molecule has 0 aliphatic heterocycles. The molecule has 1 atom stereocenters. The average molecular weight is 349 g/mol. The number of nitrogens with two attached hydrogens (primary N) is 1. The van der Waals surface area contributed by atoms with Crippen molar-refractivity contribution in [2.45, 2.75) is 32.1 Å². The summed E-state index contributed by atoms with van der Waals surface area (Å²) in [5.41, 5.74) is 7.03. The maximum Gasteiger partial charge on any atom is 0.161 e. The van der Waals surface area contributed by atoms with Gasteiger partial charge in [-0.3, -0.25) is 0 Å². The molecule has 3 nitrogen and oxygen atoms in total. The molecule has 136 valence electrons. The van der Waals surface area contributed by atoms with E-state index in [0.29, 0.717) is 30.1 Å². The van der Waals surface area contributed by atoms with E-state index in [1.165, 1.54) is 6.07 Å². The molecular formula is C20H25F2NO2. The second kappa shape index (κ2) is 9.37. The molecule has 0 saturated heterocycles. The van der Waals surface area contributed by atoms with Crippen molar-refractivity contribution < 1.29 is 18.3 Å². The van der Waals surface area contributed by atoms with Crippen LogP contribution in [0.25, 0.3) is 0 Å². The summed E-state index contributed by atoms with van der Waals surface area (Å²) >= 11 is 0. The zero-order chi connectivity index (χ0) is 18.2. The zero-order valence-corrected chi connectivity index (χ0v) is 14.7. The van der Waals surface area contributed by atoms with Crippen LogP contribution in [0.15, 0.2) is 36.4 Å². The molecule has 0 saturated carbocycles. The normalized spacial score (nSPS) is 12.0. The van der Waals surface area contributed by atoms with Crippen molar-refractivity contribution in [3.63, 3.8) is 0 Å². The van der Waals surface area contributed by atoms with E-state index in [1.54, 1.807) is 7.11 Å². The van der Waals surface area contributed by atoms with Gasteiger partial charge in [-0.1, -0.05) is 19.4 Å². The molecule has 0 spiro atoms. The van der Waals surface area contributed by atoms with Crippen LogP contribution >= 0.6 is 0 Å². The molecule has 0 aliphatic carbocycles. The lowest BCUT2D eigenvalue weighted by atomic mass is 9.91. The molecule has 25 heavy (non-hydrogen) atoms. The number of ether oxygens (including phenoxy) is 2. The van der Waals surface area contributed by atoms with Crippen LogP contribution in [-0.2, 0) is 6.42 Å². The van der Waals surface area contributed by atoms with Crippen molar-refractivity contribution >= 4 is 0 Å². The van der Waals surface area contributed by atoms with Crippen molar-refractivity contribution in [3.8, 4) is 11.5 Å². The molecule has 5 heteroatoms. The van der Waals surface area contributed by atoms with Crippen LogP contribution in [-0.4, -0.2) is 20.3 Å². The van der Waals surface area contributed by atoms with Gasteiger partial charge in [0.15, 0.2) is 11.5 Å². The molecule has 0 fully saturated rings. The third-order valence-electron chi connectivity index (χ3n) is 4.15. The summed E-state index contributed by atoms with van der Waals surface area (Å²) in [7, 11) is 1.58. The van der Waals surface area contributed by atoms with E-state index in [-0.39, 0.29) is 12.5 Å². The lowest BCUT2D eigenvalue weighted by molar-refractivity contribution is 0.288. The quantitative estimate of drug-likeness (QED) is 0.681. The Balaban J connectivity index is 2.18. The van der Waals surface area contributed by atoms with Gasteiger partial charge in [0.25, 0.3) is 0 Å². The summed E-state index contributed by atoms with van der Waals surface area (Å²) in [5.74, 6) is 0.0905. The lowest BCUT2D eigenvalue weighted by Gasteiger charge is -2.18. The van der Waals surface area contributed by atoms with Crippen molar-refractivity contribution in [1.29, 1.82) is 0 Å². The van der Waals surface area contributed by atoms with Crippen molar-refractivity contribution in [1.82, 2.24) is 0 Å². The minimum absolute atomic E-state index is 0.220. The Bertz CT molecular complexity index is 691. The number of halogens is 2. The maximum atomic E-state index is 14.0. The van der Waals surface area contributed by atoms with Crippen LogP contribution in [0, 0.1) is 11.6 Å². The molecule has 0 heterocycles. The summed E-state index contributed by atoms with van der Waals surface area (Å²) < 4.78 is 38.6. The fraction of sp³-hybridized carbons (Fsp3) is 0.400. The molecule has 0 bridgehead atoms. The van der Waals surface area contributed by atoms with E-state index in [4.69, 9.17) is 15.2 Å². The SMILES string of the molecule is CCCCOc1ccc(CC(CN)c2cc(F)ccc2F)cc1OC. The largest absolute Gasteiger partial charge is 0.493 e. The minimum atomic E-state index is -0.466. The second-order valence-electron chi connectivity index (χ2n) is 5.99. The number of unbranched alkanes of at least 4 members (excludes halogenated alkanes) is 1. The molecule has 2 rings (SSSR count). The Labute approximate surface area is 147 Å². The second-order valence-corrected chi connectivity index (χ2v) is 5.99. The van der Waals surface area contributed by atoms with Crippen LogP contribution in [0.3, 0.4) is 0 Å². The van der Waals surface area contributed by atoms with E-state index < -0.39 is 11.6 Å². The van der Waals surface area contributed by atoms with E-state index in [2.05, 4.69) is 6.92 Å². The molecule has 0 aromatic heterocycles. The predicted octanol–water partition coefficient (Wildman–Crippen LogP) is 4.44. The van der Waals surface area contributed by atoms with Gasteiger partial charge < -0.3 is 15.2 Å². The Kier molecular flexibility index (Phi) is 7.19. The van der Waals surface area contributed by atoms with E-state index >= 15 is 0 Å². The Morgan fingerprint density at radius 3 is 2.56 bits per heavy atom. The fourth-order valence-corrected chi connectivity index (χ4v) is 2.72. The van der Waals surface area contributed by atoms with E-state index in [9.17, 15) is 8.78 Å². The lowest BCUT2D eigenvalue weighted by Crippen LogP contribution is -2.16. The smallest absolute Gasteiger partial charge is 0.161 e. The van der Waals surface area contributed by atoms with Gasteiger partial charge in [0, 0.05) is 5.92 Å². The summed E-state index contributed by atoms with van der Waals surface area (Å²) in [5, 5.41) is 0. The van der Waals surface area contributed by atoms with Gasteiger partial charge in [-0.15, -0.1) is 0 Å². The standard InChI is InChI=1S/C20H25F2NO2/c1-3-4-9-25-19-8-5-14(11-20(19)24-2)10-15(13-23)17-12-16(21)6-7-18(17)22/h5-8,11-12,15H,3-4,9-10,13,23H2,1-2H3. The van der Waals surface area contributed by atoms with Gasteiger partial charge in [-0.2, -0.15) is 0 Å². The monoisotopic (exact) mass is 349 g/mol. The van der Waals surface area contributed by atoms with E-state index in [1.807, 2.05) is 18.2 Å². The average Bonchev–Trinajstić information content (AvgIpc) is 2.62. The number of benzene rings is 2. The molecule has 2 aromatic carbocycles. The number of rotatable bonds is 9. The Morgan fingerprint density at radius 1 is 1.08 bits per heavy atom. The molecule has 2 aromatic rings. The van der Waals surface area contributed by atoms with Gasteiger partial charge >= 0.3 is 0 Å². The zero-order valence-electron chi connectivity index (χ0n) is 14.7. The Hall–Kier alpha value is -2.14. The first-order valence-electron chi connectivity index (χ1n) is 8.53. The highest BCUT2D eigenvalue weighted by Crippen LogP contribution is 2.31. The highest BCUT2D eigenvalue weighted by Gasteiger charge is 2.17. The van der Waals surface area contributed by atoms with Gasteiger partial charge in [0.05, 0.1) is 13.7 Å². The van der Waals surface area contributed by atoms with Crippen molar-refractivity contribution in [2.24, 2.45) is 5.73 Å². The van der Waals surface area contributed by atoms with Crippen molar-refractivity contribution in [2.75, 3.05) is 20.3 Å². The molecule has 0 radical (unpaired) electrons. The van der Waals surface area contributed by atoms with Crippen LogP contribution in [0.2, 0.25) is 0 Å². The molecule has 0 aliphatic rings. The number of hydrogen-bond donors (Lipinski definition) is 1. The minimum Gasteiger partial charge on any atom is -0.493 e. The highest BCUT2D eigenvalue weighted by atomic mass is 19.1. The molecule has 1 unspecified atom stereocenters. The topological polar surface area (TPSA) is 44.5 Å². The van der Waals surface area contributed by atoms with Crippen molar-refractivity contribution in [3.05, 3.63) is 59.2 Å². The van der Waals surface area contributed by atoms with Crippen LogP contribution in [0.4, 0.5) is 8.78 Å². The molecule has 0 amide bonds. The molecule has 2 N–H and O–H groups in total. The first-order chi connectivity index (χ1) is 12.1. The third-order valence-corrected chi connectivity index (χ3v) is 4.15. The Morgan fingerprint density at radius 2 is 1.88 bits per heavy atom. The first kappa shape index (κ1) is 19.2. The summed E-state index contributed by atoms with van der Waals surface area (Å²) in [6.45, 7) is 2.95. The van der Waals surface area contributed by atoms with Crippen LogP contribution in [0.5, 0.6) is 11.5 Å². The summed E-state index contributed by atoms with van der Waals surface area (Å²) in [6, 6.07) is 9.08. The fourth-order valence-electron chi connectivity index (χ4n) is 2.72. The number of methoxy groups -OCH3 is 1. The van der Waals surface area contributed by atoms with Crippen LogP contribution in [0.1, 0.15) is 36.8 Å². The van der Waals surface area contributed by atoms with Gasteiger partial charge in [-0.05, 0) is 60.8 Å². The summed E-state index contributed by atoms with van der Waals surface area (Å²) in [4.78, 5) is 0. The first-order valence-corrected chi connectivity index (χ1v) is 8.53. The predicted molar refractivity (Wildman–Crippen MR) is 95.3 cm³/mol. The van der Waals surface area contributed by atoms with Gasteiger partial charge in [-0.25, -0.2) is 8.78 Å². The van der Waals surface area contributed by atoms with Gasteiger partial charge in [0.1, 0.15) is 11.6 Å². The summed E-state index contributed by atoms with van der Waals surface area (Å²) in [6.07, 6.45) is 2.51. The van der Waals surface area contributed by atoms with E-state index in [0.717, 1.165) is 30.5 Å². The number of hydrogen-bond acceptors (Lipinski definition) is 3. The van der Waals surface area contributed by atoms with Crippen LogP contribution < -0.4 is 15.2 Å². The molecular weight excluding hydrogens is 324 g/mol.